The van der Waals surface area contributed by atoms with Crippen LogP contribution in [0.25, 0.3) is 21.5 Å². The molecule has 0 radical (unpaired) electrons. The molecule has 0 spiro atoms. The van der Waals surface area contributed by atoms with E-state index < -0.39 is 0 Å². The number of fused-ring (bicyclic) bond motifs is 2. The number of esters is 2. The molecule has 2 unspecified atom stereocenters. The first-order chi connectivity index (χ1) is 20.1. The van der Waals surface area contributed by atoms with Crippen molar-refractivity contribution in [1.82, 2.24) is 0 Å². The second kappa shape index (κ2) is 12.6. The Bertz CT molecular complexity index is 1420. The minimum Gasteiger partial charge on any atom is -0.491 e. The number of hydrogen-bond acceptors (Lipinski definition) is 8. The van der Waals surface area contributed by atoms with Gasteiger partial charge in [-0.05, 0) is 89.3 Å². The van der Waals surface area contributed by atoms with Crippen LogP contribution in [-0.4, -0.2) is 63.8 Å². The molecule has 0 aliphatic carbocycles. The van der Waals surface area contributed by atoms with E-state index in [4.69, 9.17) is 28.4 Å². The fourth-order valence-electron chi connectivity index (χ4n) is 4.47. The molecule has 0 saturated carbocycles. The average Bonchev–Trinajstić information content (AvgIpc) is 3.93. The largest absolute Gasteiger partial charge is 0.491 e. The summed E-state index contributed by atoms with van der Waals surface area (Å²) in [6, 6.07) is 22.6. The zero-order valence-electron chi connectivity index (χ0n) is 22.7. The van der Waals surface area contributed by atoms with Crippen molar-refractivity contribution in [2.45, 2.75) is 31.5 Å². The third-order valence-electron chi connectivity index (χ3n) is 7.03. The number of rotatable bonds is 14. The minimum atomic E-state index is -0.351. The van der Waals surface area contributed by atoms with E-state index in [2.05, 4.69) is 0 Å². The van der Waals surface area contributed by atoms with E-state index in [-0.39, 0.29) is 24.1 Å². The van der Waals surface area contributed by atoms with Crippen LogP contribution in [0.15, 0.2) is 72.8 Å². The minimum absolute atomic E-state index is 0.205. The van der Waals surface area contributed by atoms with Gasteiger partial charge in [0.2, 0.25) is 0 Å². The van der Waals surface area contributed by atoms with Crippen LogP contribution in [0, 0.1) is 0 Å². The summed E-state index contributed by atoms with van der Waals surface area (Å²) in [5.74, 6) is 0.866. The predicted molar refractivity (Wildman–Crippen MR) is 153 cm³/mol. The number of hydrogen-bond donors (Lipinski definition) is 0. The molecule has 2 fully saturated rings. The highest BCUT2D eigenvalue weighted by Crippen LogP contribution is 2.25. The Morgan fingerprint density at radius 3 is 1.44 bits per heavy atom. The summed E-state index contributed by atoms with van der Waals surface area (Å²) in [4.78, 5) is 25.0. The number of ether oxygens (including phenoxy) is 6. The quantitative estimate of drug-likeness (QED) is 0.110. The lowest BCUT2D eigenvalue weighted by atomic mass is 10.1. The Balaban J connectivity index is 0.886. The highest BCUT2D eigenvalue weighted by atomic mass is 16.6. The maximum Gasteiger partial charge on any atom is 0.338 e. The van der Waals surface area contributed by atoms with Gasteiger partial charge >= 0.3 is 11.9 Å². The van der Waals surface area contributed by atoms with Gasteiger partial charge in [-0.15, -0.1) is 0 Å². The smallest absolute Gasteiger partial charge is 0.338 e. The Kier molecular flexibility index (Phi) is 8.30. The fraction of sp³-hybridized carbons (Fsp3) is 0.333. The Hall–Kier alpha value is -4.14. The molecule has 2 aliphatic heterocycles. The van der Waals surface area contributed by atoms with Crippen LogP contribution in [0.2, 0.25) is 0 Å². The number of benzene rings is 4. The Morgan fingerprint density at radius 2 is 1.00 bits per heavy atom. The van der Waals surface area contributed by atoms with E-state index in [1.54, 1.807) is 12.1 Å². The summed E-state index contributed by atoms with van der Waals surface area (Å²) in [6.07, 6.45) is 2.57. The molecular formula is C33H32O8. The van der Waals surface area contributed by atoms with Crippen molar-refractivity contribution < 1.29 is 38.0 Å². The molecule has 8 nitrogen and oxygen atoms in total. The Morgan fingerprint density at radius 1 is 0.585 bits per heavy atom. The van der Waals surface area contributed by atoms with Crippen LogP contribution in [0.4, 0.5) is 0 Å². The summed E-state index contributed by atoms with van der Waals surface area (Å²) < 4.78 is 32.7. The normalized spacial score (nSPS) is 17.3. The van der Waals surface area contributed by atoms with Crippen LogP contribution < -0.4 is 9.47 Å². The van der Waals surface area contributed by atoms with Gasteiger partial charge in [-0.25, -0.2) is 9.59 Å². The van der Waals surface area contributed by atoms with Gasteiger partial charge in [-0.2, -0.15) is 0 Å². The molecule has 4 aromatic carbocycles. The molecule has 0 amide bonds. The van der Waals surface area contributed by atoms with E-state index in [1.165, 1.54) is 0 Å². The topological polar surface area (TPSA) is 96.1 Å². The van der Waals surface area contributed by atoms with Gasteiger partial charge in [0.05, 0.1) is 37.6 Å². The zero-order valence-corrected chi connectivity index (χ0v) is 22.7. The lowest BCUT2D eigenvalue weighted by Gasteiger charge is -2.09. The van der Waals surface area contributed by atoms with E-state index in [0.29, 0.717) is 50.4 Å². The summed E-state index contributed by atoms with van der Waals surface area (Å²) in [5, 5.41) is 3.88. The van der Waals surface area contributed by atoms with Crippen molar-refractivity contribution in [3.8, 4) is 11.5 Å². The van der Waals surface area contributed by atoms with Crippen LogP contribution in [0.1, 0.15) is 40.0 Å². The fourth-order valence-corrected chi connectivity index (χ4v) is 4.47. The number of carbonyl (C=O) groups is 2. The van der Waals surface area contributed by atoms with E-state index in [9.17, 15) is 9.59 Å². The first kappa shape index (κ1) is 27.1. The van der Waals surface area contributed by atoms with Crippen molar-refractivity contribution in [1.29, 1.82) is 0 Å². The molecule has 41 heavy (non-hydrogen) atoms. The third-order valence-corrected chi connectivity index (χ3v) is 7.03. The van der Waals surface area contributed by atoms with Crippen LogP contribution in [-0.2, 0) is 18.9 Å². The monoisotopic (exact) mass is 556 g/mol. The molecule has 2 saturated heterocycles. The number of carbonyl (C=O) groups excluding carboxylic acids is 2. The van der Waals surface area contributed by atoms with Gasteiger partial charge in [0.1, 0.15) is 36.9 Å². The second-order valence-corrected chi connectivity index (χ2v) is 10.3. The third kappa shape index (κ3) is 7.54. The molecule has 2 aliphatic rings. The lowest BCUT2D eigenvalue weighted by Crippen LogP contribution is -2.08. The van der Waals surface area contributed by atoms with Gasteiger partial charge < -0.3 is 28.4 Å². The Labute approximate surface area is 238 Å². The maximum atomic E-state index is 12.5. The summed E-state index contributed by atoms with van der Waals surface area (Å²) in [7, 11) is 0. The number of unbranched alkanes of at least 4 members (excludes halogenated alkanes) is 2. The first-order valence-corrected chi connectivity index (χ1v) is 14.0. The molecule has 4 aromatic rings. The van der Waals surface area contributed by atoms with Crippen molar-refractivity contribution in [3.63, 3.8) is 0 Å². The van der Waals surface area contributed by atoms with Gasteiger partial charge in [0.15, 0.2) is 0 Å². The van der Waals surface area contributed by atoms with Crippen LogP contribution >= 0.6 is 0 Å². The molecule has 212 valence electrons. The molecule has 0 bridgehead atoms. The summed E-state index contributed by atoms with van der Waals surface area (Å²) in [5.41, 5.74) is 1.02. The van der Waals surface area contributed by atoms with Gasteiger partial charge in [0.25, 0.3) is 0 Å². The molecular weight excluding hydrogens is 524 g/mol. The van der Waals surface area contributed by atoms with Gasteiger partial charge in [-0.1, -0.05) is 24.3 Å². The first-order valence-electron chi connectivity index (χ1n) is 14.0. The SMILES string of the molecule is O=C(OCCCCCOC(=O)c1ccc2cc(OCC3CO3)ccc2c1)c1ccc2cc(OCC3CO3)ccc2c1. The second-order valence-electron chi connectivity index (χ2n) is 10.3. The highest BCUT2D eigenvalue weighted by Gasteiger charge is 2.23. The maximum absolute atomic E-state index is 12.5. The van der Waals surface area contributed by atoms with E-state index >= 15 is 0 Å². The van der Waals surface area contributed by atoms with Crippen molar-refractivity contribution >= 4 is 33.5 Å². The lowest BCUT2D eigenvalue weighted by molar-refractivity contribution is 0.0478. The molecule has 0 aromatic heterocycles. The molecule has 8 heteroatoms. The van der Waals surface area contributed by atoms with Crippen molar-refractivity contribution in [2.75, 3.05) is 39.6 Å². The molecule has 0 N–H and O–H groups in total. The van der Waals surface area contributed by atoms with Crippen molar-refractivity contribution in [2.24, 2.45) is 0 Å². The van der Waals surface area contributed by atoms with Crippen molar-refractivity contribution in [3.05, 3.63) is 83.9 Å². The van der Waals surface area contributed by atoms with E-state index in [0.717, 1.165) is 52.7 Å². The number of epoxide rings is 2. The standard InChI is InChI=1S/C33H32O8/c34-32(26-6-4-24-16-28(10-8-22(24)14-26)38-18-30-20-40-30)36-12-2-1-3-13-37-33(35)27-7-5-25-17-29(11-9-23(25)15-27)39-19-31-21-41-31/h4-11,14-17,30-31H,1-3,12-13,18-21H2. The van der Waals surface area contributed by atoms with Crippen LogP contribution in [0.5, 0.6) is 11.5 Å². The van der Waals surface area contributed by atoms with Crippen LogP contribution in [0.3, 0.4) is 0 Å². The van der Waals surface area contributed by atoms with E-state index in [1.807, 2.05) is 60.7 Å². The zero-order chi connectivity index (χ0) is 28.0. The van der Waals surface area contributed by atoms with Gasteiger partial charge in [-0.3, -0.25) is 0 Å². The summed E-state index contributed by atoms with van der Waals surface area (Å²) >= 11 is 0. The predicted octanol–water partition coefficient (Wildman–Crippen LogP) is 5.73. The molecule has 2 atom stereocenters. The van der Waals surface area contributed by atoms with Gasteiger partial charge in [0, 0.05) is 0 Å². The average molecular weight is 557 g/mol. The highest BCUT2D eigenvalue weighted by molar-refractivity contribution is 5.96. The summed E-state index contributed by atoms with van der Waals surface area (Å²) in [6.45, 7) is 3.24. The molecule has 6 rings (SSSR count). The molecule has 2 heterocycles.